The predicted molar refractivity (Wildman–Crippen MR) is 102 cm³/mol. The van der Waals surface area contributed by atoms with Crippen LogP contribution in [0.25, 0.3) is 10.4 Å². The van der Waals surface area contributed by atoms with Crippen molar-refractivity contribution in [1.29, 1.82) is 0 Å². The van der Waals surface area contributed by atoms with Crippen LogP contribution in [0, 0.1) is 0 Å². The van der Waals surface area contributed by atoms with Gasteiger partial charge in [0.1, 0.15) is 6.61 Å². The van der Waals surface area contributed by atoms with Crippen LogP contribution in [0.3, 0.4) is 0 Å². The molecule has 0 radical (unpaired) electrons. The second kappa shape index (κ2) is 6.98. The number of thiophene rings is 1. The smallest absolute Gasteiger partial charge is 0.229 e. The van der Waals surface area contributed by atoms with Gasteiger partial charge in [-0.1, -0.05) is 11.2 Å². The third-order valence-corrected chi connectivity index (χ3v) is 5.90. The molecule has 2 aliphatic rings. The van der Waals surface area contributed by atoms with Gasteiger partial charge in [-0.2, -0.15) is 4.98 Å². The third-order valence-electron chi connectivity index (χ3n) is 4.98. The van der Waals surface area contributed by atoms with Crippen LogP contribution in [0.1, 0.15) is 36.0 Å². The van der Waals surface area contributed by atoms with Gasteiger partial charge >= 0.3 is 0 Å². The van der Waals surface area contributed by atoms with Crippen molar-refractivity contribution in [1.82, 2.24) is 15.0 Å². The van der Waals surface area contributed by atoms with Crippen molar-refractivity contribution in [3.63, 3.8) is 0 Å². The van der Waals surface area contributed by atoms with Crippen LogP contribution < -0.4 is 9.47 Å². The molecule has 5 rings (SSSR count). The molecule has 0 saturated heterocycles. The first kappa shape index (κ1) is 16.8. The molecule has 1 saturated carbocycles. The molecule has 3 aromatic rings. The Morgan fingerprint density at radius 3 is 3.04 bits per heavy atom. The van der Waals surface area contributed by atoms with E-state index in [0.29, 0.717) is 19.1 Å². The number of hydrogen-bond donors (Lipinski definition) is 0. The molecule has 0 atom stereocenters. The maximum Gasteiger partial charge on any atom is 0.229 e. The minimum Gasteiger partial charge on any atom is -0.493 e. The lowest BCUT2D eigenvalue weighted by molar-refractivity contribution is 0.211. The molecule has 0 unspecified atom stereocenters. The van der Waals surface area contributed by atoms with E-state index >= 15 is 0 Å². The van der Waals surface area contributed by atoms with Crippen molar-refractivity contribution in [2.75, 3.05) is 20.3 Å². The summed E-state index contributed by atoms with van der Waals surface area (Å²) < 4.78 is 17.1. The van der Waals surface area contributed by atoms with Crippen molar-refractivity contribution < 1.29 is 14.0 Å². The largest absolute Gasteiger partial charge is 0.493 e. The maximum absolute atomic E-state index is 6.04. The van der Waals surface area contributed by atoms with Gasteiger partial charge in [-0.25, -0.2) is 0 Å². The topological polar surface area (TPSA) is 60.6 Å². The first-order chi connectivity index (χ1) is 13.3. The van der Waals surface area contributed by atoms with E-state index in [1.807, 2.05) is 0 Å². The van der Waals surface area contributed by atoms with E-state index in [-0.39, 0.29) is 0 Å². The average Bonchev–Trinajstić information content (AvgIpc) is 3.24. The van der Waals surface area contributed by atoms with E-state index in [2.05, 4.69) is 44.7 Å². The fourth-order valence-corrected chi connectivity index (χ4v) is 4.15. The summed E-state index contributed by atoms with van der Waals surface area (Å²) in [5.74, 6) is 3.65. The number of ether oxygens (including phenoxy) is 2. The number of hydrogen-bond acceptors (Lipinski definition) is 7. The van der Waals surface area contributed by atoms with E-state index in [4.69, 9.17) is 14.0 Å². The molecule has 2 aromatic heterocycles. The molecule has 0 bridgehead atoms. The molecule has 140 valence electrons. The molecule has 1 aliphatic heterocycles. The van der Waals surface area contributed by atoms with E-state index < -0.39 is 0 Å². The normalized spacial score (nSPS) is 17.2. The molecule has 1 aromatic carbocycles. The van der Waals surface area contributed by atoms with E-state index in [1.165, 1.54) is 4.88 Å². The summed E-state index contributed by atoms with van der Waals surface area (Å²) in [6.07, 6.45) is 2.33. The summed E-state index contributed by atoms with van der Waals surface area (Å²) in [5, 5.41) is 6.25. The monoisotopic (exact) mass is 383 g/mol. The Morgan fingerprint density at radius 2 is 2.26 bits per heavy atom. The maximum atomic E-state index is 6.04. The quantitative estimate of drug-likeness (QED) is 0.662. The van der Waals surface area contributed by atoms with Crippen LogP contribution in [0.5, 0.6) is 11.5 Å². The Labute approximate surface area is 161 Å². The molecular weight excluding hydrogens is 362 g/mol. The lowest BCUT2D eigenvalue weighted by Crippen LogP contribution is -2.25. The van der Waals surface area contributed by atoms with Gasteiger partial charge in [0.05, 0.1) is 13.7 Å². The van der Waals surface area contributed by atoms with Crippen molar-refractivity contribution in [2.24, 2.45) is 0 Å². The van der Waals surface area contributed by atoms with Gasteiger partial charge in [0, 0.05) is 29.4 Å². The second-order valence-electron chi connectivity index (χ2n) is 7.03. The molecule has 1 aliphatic carbocycles. The van der Waals surface area contributed by atoms with Crippen molar-refractivity contribution in [3.05, 3.63) is 46.9 Å². The summed E-state index contributed by atoms with van der Waals surface area (Å²) >= 11 is 1.72. The van der Waals surface area contributed by atoms with Gasteiger partial charge < -0.3 is 14.0 Å². The molecule has 0 amide bonds. The van der Waals surface area contributed by atoms with Crippen LogP contribution >= 0.6 is 11.3 Å². The predicted octanol–water partition coefficient (Wildman–Crippen LogP) is 4.08. The van der Waals surface area contributed by atoms with Crippen molar-refractivity contribution in [3.8, 4) is 21.9 Å². The number of rotatable bonds is 5. The number of aromatic nitrogens is 2. The van der Waals surface area contributed by atoms with Gasteiger partial charge in [0.15, 0.2) is 17.3 Å². The molecule has 6 nitrogen and oxygen atoms in total. The lowest BCUT2D eigenvalue weighted by atomic mass is 10.1. The Bertz CT molecular complexity index is 934. The van der Waals surface area contributed by atoms with Crippen molar-refractivity contribution >= 4 is 11.3 Å². The molecule has 7 heteroatoms. The summed E-state index contributed by atoms with van der Waals surface area (Å²) in [6.45, 7) is 2.83. The minimum absolute atomic E-state index is 0.483. The first-order valence-corrected chi connectivity index (χ1v) is 10.1. The number of fused-ring (bicyclic) bond motifs is 1. The van der Waals surface area contributed by atoms with Crippen LogP contribution in [0.15, 0.2) is 34.2 Å². The summed E-state index contributed by atoms with van der Waals surface area (Å²) in [6, 6.07) is 8.45. The molecule has 27 heavy (non-hydrogen) atoms. The highest BCUT2D eigenvalue weighted by molar-refractivity contribution is 7.13. The molecule has 0 N–H and O–H groups in total. The molecular formula is C20H21N3O3S. The SMILES string of the molecule is COc1cc(-c2cccs2)cc2c1OCCN(Cc1noc(C3CC3)n1)C2. The zero-order valence-electron chi connectivity index (χ0n) is 15.2. The number of methoxy groups -OCH3 is 1. The van der Waals surface area contributed by atoms with E-state index in [9.17, 15) is 0 Å². The Balaban J connectivity index is 1.41. The van der Waals surface area contributed by atoms with Crippen LogP contribution in [0.2, 0.25) is 0 Å². The van der Waals surface area contributed by atoms with Crippen LogP contribution in [0.4, 0.5) is 0 Å². The summed E-state index contributed by atoms with van der Waals surface area (Å²) in [5.41, 5.74) is 2.28. The average molecular weight is 383 g/mol. The van der Waals surface area contributed by atoms with E-state index in [0.717, 1.165) is 60.3 Å². The Hall–Kier alpha value is -2.38. The zero-order chi connectivity index (χ0) is 18.2. The Kier molecular flexibility index (Phi) is 4.33. The Morgan fingerprint density at radius 1 is 1.33 bits per heavy atom. The highest BCUT2D eigenvalue weighted by Crippen LogP contribution is 2.40. The standard InChI is InChI=1S/C20H21N3O3S/c1-24-16-10-14(17-3-2-8-27-17)9-15-11-23(6-7-25-19(15)16)12-18-21-20(26-22-18)13-4-5-13/h2-3,8-10,13H,4-7,11-12H2,1H3. The van der Waals surface area contributed by atoms with Crippen LogP contribution in [-0.2, 0) is 13.1 Å². The summed E-state index contributed by atoms with van der Waals surface area (Å²) in [7, 11) is 1.69. The fraction of sp³-hybridized carbons (Fsp3) is 0.400. The third kappa shape index (κ3) is 3.44. The van der Waals surface area contributed by atoms with Gasteiger partial charge in [-0.05, 0) is 42.0 Å². The molecule has 3 heterocycles. The second-order valence-corrected chi connectivity index (χ2v) is 7.97. The summed E-state index contributed by atoms with van der Waals surface area (Å²) in [4.78, 5) is 8.08. The fourth-order valence-electron chi connectivity index (χ4n) is 3.44. The van der Waals surface area contributed by atoms with Crippen molar-refractivity contribution in [2.45, 2.75) is 31.8 Å². The lowest BCUT2D eigenvalue weighted by Gasteiger charge is -2.17. The highest BCUT2D eigenvalue weighted by atomic mass is 32.1. The van der Waals surface area contributed by atoms with Gasteiger partial charge in [-0.3, -0.25) is 4.90 Å². The number of nitrogens with zero attached hydrogens (tertiary/aromatic N) is 3. The number of benzene rings is 1. The zero-order valence-corrected chi connectivity index (χ0v) is 16.0. The van der Waals surface area contributed by atoms with Gasteiger partial charge in [-0.15, -0.1) is 11.3 Å². The molecule has 0 spiro atoms. The highest BCUT2D eigenvalue weighted by Gasteiger charge is 2.30. The van der Waals surface area contributed by atoms with Crippen LogP contribution in [-0.4, -0.2) is 35.3 Å². The first-order valence-electron chi connectivity index (χ1n) is 9.22. The van der Waals surface area contributed by atoms with E-state index in [1.54, 1.807) is 18.4 Å². The van der Waals surface area contributed by atoms with Gasteiger partial charge in [0.2, 0.25) is 5.89 Å². The van der Waals surface area contributed by atoms with Gasteiger partial charge in [0.25, 0.3) is 0 Å². The molecule has 1 fully saturated rings. The minimum atomic E-state index is 0.483.